The Morgan fingerprint density at radius 3 is 1.69 bits per heavy atom. The Bertz CT molecular complexity index is 80.9. The Kier molecular flexibility index (Phi) is 11.7. The Balaban J connectivity index is 2.76. The number of hydrogen-bond donors (Lipinski definition) is 1. The fraction of sp³-hybridized carbons (Fsp3) is 1.00. The van der Waals surface area contributed by atoms with Crippen molar-refractivity contribution in [1.29, 1.82) is 0 Å². The van der Waals surface area contributed by atoms with E-state index >= 15 is 0 Å². The summed E-state index contributed by atoms with van der Waals surface area (Å²) in [4.78, 5) is 0. The molecule has 0 saturated carbocycles. The van der Waals surface area contributed by atoms with Gasteiger partial charge in [0.2, 0.25) is 0 Å². The van der Waals surface area contributed by atoms with Gasteiger partial charge in [0.15, 0.2) is 0 Å². The second kappa shape index (κ2) is 11.8. The SMILES string of the molecule is CCCOCCOCCOCCN. The third-order valence-corrected chi connectivity index (χ3v) is 1.35. The van der Waals surface area contributed by atoms with E-state index in [1.807, 2.05) is 0 Å². The van der Waals surface area contributed by atoms with Gasteiger partial charge in [-0.2, -0.15) is 0 Å². The van der Waals surface area contributed by atoms with E-state index in [4.69, 9.17) is 19.9 Å². The van der Waals surface area contributed by atoms with Gasteiger partial charge in [-0.15, -0.1) is 0 Å². The number of nitrogens with two attached hydrogens (primary N) is 1. The lowest BCUT2D eigenvalue weighted by atomic mass is 10.5. The normalized spacial score (nSPS) is 10.6. The van der Waals surface area contributed by atoms with E-state index in [1.54, 1.807) is 0 Å². The highest BCUT2D eigenvalue weighted by Crippen LogP contribution is 1.82. The summed E-state index contributed by atoms with van der Waals surface area (Å²) in [6, 6.07) is 0. The Labute approximate surface area is 80.3 Å². The minimum absolute atomic E-state index is 0.569. The van der Waals surface area contributed by atoms with Crippen molar-refractivity contribution in [2.75, 3.05) is 46.2 Å². The number of hydrogen-bond acceptors (Lipinski definition) is 4. The molecule has 4 heteroatoms. The molecule has 0 aromatic rings. The molecule has 4 nitrogen and oxygen atoms in total. The third kappa shape index (κ3) is 11.8. The van der Waals surface area contributed by atoms with Crippen molar-refractivity contribution < 1.29 is 14.2 Å². The first kappa shape index (κ1) is 12.8. The van der Waals surface area contributed by atoms with Crippen LogP contribution in [-0.4, -0.2) is 46.2 Å². The van der Waals surface area contributed by atoms with Crippen molar-refractivity contribution in [3.8, 4) is 0 Å². The van der Waals surface area contributed by atoms with E-state index in [9.17, 15) is 0 Å². The maximum absolute atomic E-state index is 5.24. The second-order valence-electron chi connectivity index (χ2n) is 2.63. The fourth-order valence-corrected chi connectivity index (χ4v) is 0.770. The van der Waals surface area contributed by atoms with Gasteiger partial charge in [-0.25, -0.2) is 0 Å². The first-order valence-corrected chi connectivity index (χ1v) is 4.85. The molecule has 0 aliphatic carbocycles. The van der Waals surface area contributed by atoms with Crippen LogP contribution in [0.1, 0.15) is 13.3 Å². The quantitative estimate of drug-likeness (QED) is 0.508. The Hall–Kier alpha value is -0.160. The highest BCUT2D eigenvalue weighted by atomic mass is 16.5. The van der Waals surface area contributed by atoms with Crippen molar-refractivity contribution in [2.45, 2.75) is 13.3 Å². The molecule has 0 fully saturated rings. The topological polar surface area (TPSA) is 53.7 Å². The van der Waals surface area contributed by atoms with Crippen LogP contribution in [0.2, 0.25) is 0 Å². The van der Waals surface area contributed by atoms with E-state index in [0.717, 1.165) is 13.0 Å². The summed E-state index contributed by atoms with van der Waals surface area (Å²) in [7, 11) is 0. The van der Waals surface area contributed by atoms with Crippen LogP contribution >= 0.6 is 0 Å². The third-order valence-electron chi connectivity index (χ3n) is 1.35. The van der Waals surface area contributed by atoms with Crippen molar-refractivity contribution in [3.05, 3.63) is 0 Å². The lowest BCUT2D eigenvalue weighted by molar-refractivity contribution is 0.0161. The molecule has 0 heterocycles. The fourth-order valence-electron chi connectivity index (χ4n) is 0.770. The lowest BCUT2D eigenvalue weighted by Gasteiger charge is -2.05. The van der Waals surface area contributed by atoms with E-state index in [1.165, 1.54) is 0 Å². The van der Waals surface area contributed by atoms with Crippen LogP contribution in [0.3, 0.4) is 0 Å². The predicted molar refractivity (Wildman–Crippen MR) is 51.8 cm³/mol. The minimum Gasteiger partial charge on any atom is -0.379 e. The van der Waals surface area contributed by atoms with Crippen LogP contribution in [0.5, 0.6) is 0 Å². The zero-order valence-electron chi connectivity index (χ0n) is 8.46. The van der Waals surface area contributed by atoms with Gasteiger partial charge < -0.3 is 19.9 Å². The van der Waals surface area contributed by atoms with Gasteiger partial charge in [-0.05, 0) is 6.42 Å². The highest BCUT2D eigenvalue weighted by Gasteiger charge is 1.89. The monoisotopic (exact) mass is 191 g/mol. The molecule has 0 unspecified atom stereocenters. The molecule has 0 aromatic heterocycles. The van der Waals surface area contributed by atoms with Crippen molar-refractivity contribution in [1.82, 2.24) is 0 Å². The summed E-state index contributed by atoms with van der Waals surface area (Å²) in [5, 5.41) is 0. The second-order valence-corrected chi connectivity index (χ2v) is 2.63. The maximum atomic E-state index is 5.24. The van der Waals surface area contributed by atoms with E-state index < -0.39 is 0 Å². The molecule has 0 saturated heterocycles. The first-order valence-electron chi connectivity index (χ1n) is 4.85. The summed E-state index contributed by atoms with van der Waals surface area (Å²) in [5.74, 6) is 0. The molecule has 0 rings (SSSR count). The van der Waals surface area contributed by atoms with E-state index in [0.29, 0.717) is 39.6 Å². The van der Waals surface area contributed by atoms with E-state index in [-0.39, 0.29) is 0 Å². The largest absolute Gasteiger partial charge is 0.379 e. The molecule has 0 aliphatic rings. The molecule has 0 bridgehead atoms. The summed E-state index contributed by atoms with van der Waals surface area (Å²) in [6.07, 6.45) is 1.06. The smallest absolute Gasteiger partial charge is 0.0701 e. The molecule has 80 valence electrons. The van der Waals surface area contributed by atoms with Crippen LogP contribution in [0.4, 0.5) is 0 Å². The molecular formula is C9H21NO3. The zero-order valence-corrected chi connectivity index (χ0v) is 8.46. The van der Waals surface area contributed by atoms with Gasteiger partial charge in [0, 0.05) is 13.2 Å². The molecule has 0 aromatic carbocycles. The van der Waals surface area contributed by atoms with Crippen LogP contribution < -0.4 is 5.73 Å². The first-order chi connectivity index (χ1) is 6.41. The van der Waals surface area contributed by atoms with Crippen LogP contribution in [0.25, 0.3) is 0 Å². The minimum atomic E-state index is 0.569. The molecule has 13 heavy (non-hydrogen) atoms. The maximum Gasteiger partial charge on any atom is 0.0701 e. The molecule has 0 aliphatic heterocycles. The van der Waals surface area contributed by atoms with Gasteiger partial charge in [0.25, 0.3) is 0 Å². The van der Waals surface area contributed by atoms with Crippen LogP contribution in [0.15, 0.2) is 0 Å². The average Bonchev–Trinajstić information content (AvgIpc) is 2.16. The number of rotatable bonds is 10. The lowest BCUT2D eigenvalue weighted by Crippen LogP contribution is -2.13. The standard InChI is InChI=1S/C9H21NO3/c1-2-4-11-6-8-13-9-7-12-5-3-10/h2-10H2,1H3. The van der Waals surface area contributed by atoms with Crippen molar-refractivity contribution in [2.24, 2.45) is 5.73 Å². The van der Waals surface area contributed by atoms with Gasteiger partial charge in [-0.3, -0.25) is 0 Å². The van der Waals surface area contributed by atoms with Gasteiger partial charge in [0.1, 0.15) is 0 Å². The molecule has 0 atom stereocenters. The molecule has 0 spiro atoms. The van der Waals surface area contributed by atoms with E-state index in [2.05, 4.69) is 6.92 Å². The van der Waals surface area contributed by atoms with Gasteiger partial charge in [0.05, 0.1) is 33.0 Å². The van der Waals surface area contributed by atoms with Gasteiger partial charge >= 0.3 is 0 Å². The van der Waals surface area contributed by atoms with Crippen molar-refractivity contribution in [3.63, 3.8) is 0 Å². The zero-order chi connectivity index (χ0) is 9.78. The molecule has 2 N–H and O–H groups in total. The van der Waals surface area contributed by atoms with Crippen LogP contribution in [-0.2, 0) is 14.2 Å². The highest BCUT2D eigenvalue weighted by molar-refractivity contribution is 4.34. The van der Waals surface area contributed by atoms with Gasteiger partial charge in [-0.1, -0.05) is 6.92 Å². The Morgan fingerprint density at radius 1 is 0.769 bits per heavy atom. The molecular weight excluding hydrogens is 170 g/mol. The molecule has 0 amide bonds. The average molecular weight is 191 g/mol. The summed E-state index contributed by atoms with van der Waals surface area (Å²) in [5.41, 5.74) is 5.24. The van der Waals surface area contributed by atoms with Crippen molar-refractivity contribution >= 4 is 0 Å². The Morgan fingerprint density at radius 2 is 1.23 bits per heavy atom. The van der Waals surface area contributed by atoms with Crippen LogP contribution in [0, 0.1) is 0 Å². The summed E-state index contributed by atoms with van der Waals surface area (Å²) < 4.78 is 15.6. The molecule has 0 radical (unpaired) electrons. The predicted octanol–water partition coefficient (Wildman–Crippen LogP) is 0.405. The number of ether oxygens (including phenoxy) is 3. The summed E-state index contributed by atoms with van der Waals surface area (Å²) >= 11 is 0. The summed E-state index contributed by atoms with van der Waals surface area (Å²) in [6.45, 7) is 6.63.